The van der Waals surface area contributed by atoms with Crippen molar-refractivity contribution in [2.45, 2.75) is 58.8 Å². The zero-order chi connectivity index (χ0) is 16.2. The van der Waals surface area contributed by atoms with E-state index in [1.807, 2.05) is 6.08 Å². The van der Waals surface area contributed by atoms with E-state index in [9.17, 15) is 4.79 Å². The van der Waals surface area contributed by atoms with E-state index >= 15 is 0 Å². The van der Waals surface area contributed by atoms with Gasteiger partial charge < -0.3 is 0 Å². The Balaban J connectivity index is 1.84. The maximum atomic E-state index is 11.8. The lowest BCUT2D eigenvalue weighted by atomic mass is 9.54. The van der Waals surface area contributed by atoms with Crippen LogP contribution in [-0.2, 0) is 4.79 Å². The first-order valence-electron chi connectivity index (χ1n) is 9.34. The van der Waals surface area contributed by atoms with Crippen LogP contribution < -0.4 is 0 Å². The van der Waals surface area contributed by atoms with E-state index in [2.05, 4.69) is 38.7 Å². The molecule has 0 aromatic rings. The van der Waals surface area contributed by atoms with Crippen molar-refractivity contribution < 1.29 is 4.79 Å². The summed E-state index contributed by atoms with van der Waals surface area (Å²) in [6, 6.07) is 0. The molecular formula is C22H28O. The molecule has 0 aromatic carbocycles. The molecule has 0 aromatic heterocycles. The summed E-state index contributed by atoms with van der Waals surface area (Å²) >= 11 is 0. The average molecular weight is 308 g/mol. The molecule has 1 fully saturated rings. The van der Waals surface area contributed by atoms with Gasteiger partial charge in [0, 0.05) is 11.8 Å². The Morgan fingerprint density at radius 2 is 2.13 bits per heavy atom. The molecule has 0 amide bonds. The van der Waals surface area contributed by atoms with Crippen LogP contribution in [0.2, 0.25) is 0 Å². The second-order valence-corrected chi connectivity index (χ2v) is 8.21. The van der Waals surface area contributed by atoms with Crippen LogP contribution in [0.4, 0.5) is 0 Å². The summed E-state index contributed by atoms with van der Waals surface area (Å²) in [7, 11) is 0. The summed E-state index contributed by atoms with van der Waals surface area (Å²) in [6.45, 7) is 8.96. The average Bonchev–Trinajstić information content (AvgIpc) is 2.88. The molecule has 0 radical (unpaired) electrons. The van der Waals surface area contributed by atoms with Gasteiger partial charge in [-0.05, 0) is 78.6 Å². The van der Waals surface area contributed by atoms with Gasteiger partial charge in [-0.2, -0.15) is 0 Å². The highest BCUT2D eigenvalue weighted by Crippen LogP contribution is 2.66. The van der Waals surface area contributed by atoms with Crippen molar-refractivity contribution in [1.82, 2.24) is 0 Å². The molecule has 1 unspecified atom stereocenters. The normalized spacial score (nSPS) is 42.0. The molecule has 1 saturated carbocycles. The summed E-state index contributed by atoms with van der Waals surface area (Å²) < 4.78 is 0. The Morgan fingerprint density at radius 1 is 1.30 bits per heavy atom. The number of rotatable bonds is 2. The Morgan fingerprint density at radius 3 is 2.87 bits per heavy atom. The zero-order valence-electron chi connectivity index (χ0n) is 14.5. The van der Waals surface area contributed by atoms with Crippen molar-refractivity contribution in [3.63, 3.8) is 0 Å². The Bertz CT molecular complexity index is 661. The molecular weight excluding hydrogens is 280 g/mol. The SMILES string of the molecule is C=C[C@@]1(C)CC[C@H]2C3CCC4=CC(=O)CCC4=C3C=C[C@@]21CC. The first-order chi connectivity index (χ1) is 11.0. The number of hydrogen-bond acceptors (Lipinski definition) is 1. The number of carbonyl (C=O) groups is 1. The second-order valence-electron chi connectivity index (χ2n) is 8.21. The van der Waals surface area contributed by atoms with Gasteiger partial charge in [-0.15, -0.1) is 6.58 Å². The fourth-order valence-electron chi connectivity index (χ4n) is 6.21. The molecule has 4 aliphatic carbocycles. The van der Waals surface area contributed by atoms with Crippen LogP contribution in [0.3, 0.4) is 0 Å². The van der Waals surface area contributed by atoms with Crippen molar-refractivity contribution in [1.29, 1.82) is 0 Å². The lowest BCUT2D eigenvalue weighted by Crippen LogP contribution is -2.42. The van der Waals surface area contributed by atoms with Crippen LogP contribution in [0.15, 0.2) is 47.6 Å². The predicted octanol–water partition coefficient (Wildman–Crippen LogP) is 5.55. The van der Waals surface area contributed by atoms with Crippen LogP contribution in [0.5, 0.6) is 0 Å². The third kappa shape index (κ3) is 1.89. The van der Waals surface area contributed by atoms with Crippen LogP contribution in [0.25, 0.3) is 0 Å². The molecule has 0 spiro atoms. The molecule has 122 valence electrons. The number of ketones is 1. The lowest BCUT2D eigenvalue weighted by molar-refractivity contribution is -0.114. The highest BCUT2D eigenvalue weighted by atomic mass is 16.1. The van der Waals surface area contributed by atoms with E-state index in [1.165, 1.54) is 36.8 Å². The zero-order valence-corrected chi connectivity index (χ0v) is 14.5. The molecule has 0 saturated heterocycles. The molecule has 1 heteroatoms. The molecule has 1 nitrogen and oxygen atoms in total. The molecule has 0 heterocycles. The van der Waals surface area contributed by atoms with Crippen molar-refractivity contribution in [3.05, 3.63) is 47.6 Å². The van der Waals surface area contributed by atoms with Gasteiger partial charge in [-0.3, -0.25) is 4.79 Å². The summed E-state index contributed by atoms with van der Waals surface area (Å²) in [5, 5.41) is 0. The van der Waals surface area contributed by atoms with Crippen molar-refractivity contribution in [3.8, 4) is 0 Å². The van der Waals surface area contributed by atoms with E-state index < -0.39 is 0 Å². The van der Waals surface area contributed by atoms with Crippen molar-refractivity contribution >= 4 is 5.78 Å². The molecule has 4 aliphatic rings. The third-order valence-electron chi connectivity index (χ3n) is 7.60. The van der Waals surface area contributed by atoms with Gasteiger partial charge in [0.15, 0.2) is 5.78 Å². The van der Waals surface area contributed by atoms with Gasteiger partial charge in [0.05, 0.1) is 0 Å². The largest absolute Gasteiger partial charge is 0.295 e. The molecule has 23 heavy (non-hydrogen) atoms. The number of fused-ring (bicyclic) bond motifs is 4. The van der Waals surface area contributed by atoms with Gasteiger partial charge in [0.25, 0.3) is 0 Å². The number of hydrogen-bond donors (Lipinski definition) is 0. The third-order valence-corrected chi connectivity index (χ3v) is 7.60. The van der Waals surface area contributed by atoms with Gasteiger partial charge in [-0.25, -0.2) is 0 Å². The topological polar surface area (TPSA) is 17.1 Å². The van der Waals surface area contributed by atoms with Crippen LogP contribution in [-0.4, -0.2) is 5.78 Å². The smallest absolute Gasteiger partial charge is 0.156 e. The standard InChI is InChI=1S/C22H28O/c1-4-21(3)12-11-20-19-8-6-15-14-16(23)7-9-17(15)18(19)10-13-22(20,21)5-2/h4,10,13-14,19-20H,1,5-9,11-12H2,2-3H3/t19?,20-,21-,22-/m0/s1. The Labute approximate surface area is 140 Å². The molecule has 0 aliphatic heterocycles. The number of allylic oxidation sites excluding steroid dienone is 7. The summed E-state index contributed by atoms with van der Waals surface area (Å²) in [4.78, 5) is 11.8. The van der Waals surface area contributed by atoms with E-state index in [4.69, 9.17) is 0 Å². The van der Waals surface area contributed by atoms with Crippen molar-refractivity contribution in [2.24, 2.45) is 22.7 Å². The number of carbonyl (C=O) groups excluding carboxylic acids is 1. The molecule has 4 atom stereocenters. The summed E-state index contributed by atoms with van der Waals surface area (Å²) in [5.74, 6) is 1.77. The summed E-state index contributed by atoms with van der Waals surface area (Å²) in [5.41, 5.74) is 4.93. The van der Waals surface area contributed by atoms with Crippen molar-refractivity contribution in [2.75, 3.05) is 0 Å². The fourth-order valence-corrected chi connectivity index (χ4v) is 6.21. The van der Waals surface area contributed by atoms with E-state index in [0.29, 0.717) is 18.1 Å². The molecule has 0 bridgehead atoms. The van der Waals surface area contributed by atoms with E-state index in [-0.39, 0.29) is 10.8 Å². The Hall–Kier alpha value is -1.37. The second kappa shape index (κ2) is 5.06. The highest BCUT2D eigenvalue weighted by molar-refractivity contribution is 5.93. The monoisotopic (exact) mass is 308 g/mol. The van der Waals surface area contributed by atoms with Gasteiger partial charge in [-0.1, -0.05) is 32.1 Å². The van der Waals surface area contributed by atoms with Gasteiger partial charge in [0.2, 0.25) is 0 Å². The maximum Gasteiger partial charge on any atom is 0.156 e. The maximum absolute atomic E-state index is 11.8. The summed E-state index contributed by atoms with van der Waals surface area (Å²) in [6.07, 6.45) is 16.9. The van der Waals surface area contributed by atoms with Gasteiger partial charge >= 0.3 is 0 Å². The minimum atomic E-state index is 0.234. The van der Waals surface area contributed by atoms with Gasteiger partial charge in [0.1, 0.15) is 0 Å². The fraction of sp³-hybridized carbons (Fsp3) is 0.591. The minimum Gasteiger partial charge on any atom is -0.295 e. The molecule has 4 rings (SSSR count). The van der Waals surface area contributed by atoms with Crippen LogP contribution >= 0.6 is 0 Å². The van der Waals surface area contributed by atoms with Crippen LogP contribution in [0.1, 0.15) is 58.8 Å². The quantitative estimate of drug-likeness (QED) is 0.611. The van der Waals surface area contributed by atoms with E-state index in [1.54, 1.807) is 5.57 Å². The highest BCUT2D eigenvalue weighted by Gasteiger charge is 2.57. The lowest BCUT2D eigenvalue weighted by Gasteiger charge is -2.50. The van der Waals surface area contributed by atoms with Crippen LogP contribution in [0, 0.1) is 22.7 Å². The van der Waals surface area contributed by atoms with E-state index in [0.717, 1.165) is 18.8 Å². The Kier molecular flexibility index (Phi) is 3.34. The minimum absolute atomic E-state index is 0.234. The first kappa shape index (κ1) is 15.2. The predicted molar refractivity (Wildman–Crippen MR) is 95.0 cm³/mol. The first-order valence-corrected chi connectivity index (χ1v) is 9.34. The molecule has 0 N–H and O–H groups in total.